The van der Waals surface area contributed by atoms with Crippen molar-refractivity contribution in [1.82, 2.24) is 4.90 Å². The quantitative estimate of drug-likeness (QED) is 0.744. The summed E-state index contributed by atoms with van der Waals surface area (Å²) in [7, 11) is 4.29. The van der Waals surface area contributed by atoms with Crippen molar-refractivity contribution < 1.29 is 0 Å². The van der Waals surface area contributed by atoms with E-state index in [-0.39, 0.29) is 5.41 Å². The summed E-state index contributed by atoms with van der Waals surface area (Å²) in [5.74, 6) is 0.470. The molecule has 0 N–H and O–H groups in total. The highest BCUT2D eigenvalue weighted by molar-refractivity contribution is 5.35. The van der Waals surface area contributed by atoms with Crippen molar-refractivity contribution >= 4 is 0 Å². The van der Waals surface area contributed by atoms with Crippen LogP contribution in [0.5, 0.6) is 0 Å². The molecule has 1 nitrogen and oxygen atoms in total. The van der Waals surface area contributed by atoms with Gasteiger partial charge in [0.2, 0.25) is 0 Å². The molecule has 22 heavy (non-hydrogen) atoms. The third-order valence-electron chi connectivity index (χ3n) is 4.25. The van der Waals surface area contributed by atoms with E-state index in [1.807, 2.05) is 0 Å². The Morgan fingerprint density at radius 1 is 0.818 bits per heavy atom. The van der Waals surface area contributed by atoms with Gasteiger partial charge in [0.25, 0.3) is 0 Å². The zero-order valence-electron chi connectivity index (χ0n) is 14.6. The second-order valence-corrected chi connectivity index (χ2v) is 7.43. The van der Waals surface area contributed by atoms with Gasteiger partial charge in [-0.1, -0.05) is 75.4 Å². The normalized spacial score (nSPS) is 13.4. The molecule has 0 aromatic heterocycles. The maximum absolute atomic E-state index is 2.31. The van der Waals surface area contributed by atoms with Crippen LogP contribution < -0.4 is 0 Å². The van der Waals surface area contributed by atoms with Crippen LogP contribution in [0.25, 0.3) is 0 Å². The van der Waals surface area contributed by atoms with Gasteiger partial charge in [-0.05, 0) is 49.2 Å². The zero-order chi connectivity index (χ0) is 16.2. The van der Waals surface area contributed by atoms with E-state index in [2.05, 4.69) is 94.4 Å². The molecule has 0 spiro atoms. The van der Waals surface area contributed by atoms with Gasteiger partial charge >= 0.3 is 0 Å². The minimum absolute atomic E-state index is 0.213. The molecule has 0 saturated carbocycles. The molecule has 0 aliphatic heterocycles. The lowest BCUT2D eigenvalue weighted by atomic mass is 9.83. The van der Waals surface area contributed by atoms with Crippen LogP contribution >= 0.6 is 0 Å². The number of hydrogen-bond donors (Lipinski definition) is 0. The van der Waals surface area contributed by atoms with Gasteiger partial charge in [0.05, 0.1) is 0 Å². The first kappa shape index (κ1) is 16.8. The van der Waals surface area contributed by atoms with Crippen LogP contribution in [-0.4, -0.2) is 25.5 Å². The van der Waals surface area contributed by atoms with E-state index >= 15 is 0 Å². The third kappa shape index (κ3) is 4.45. The fraction of sp³-hybridized carbons (Fsp3) is 0.429. The Labute approximate surface area is 136 Å². The highest BCUT2D eigenvalue weighted by Crippen LogP contribution is 2.30. The van der Waals surface area contributed by atoms with E-state index in [4.69, 9.17) is 0 Å². The summed E-state index contributed by atoms with van der Waals surface area (Å²) in [4.78, 5) is 2.26. The average Bonchev–Trinajstić information content (AvgIpc) is 2.48. The summed E-state index contributed by atoms with van der Waals surface area (Å²) >= 11 is 0. The predicted octanol–water partition coefficient (Wildman–Crippen LogP) is 5.07. The molecule has 0 saturated heterocycles. The first-order valence-electron chi connectivity index (χ1n) is 8.18. The SMILES string of the molecule is CN(C)CCC(c1ccccc1)c1ccc(C(C)(C)C)cc1. The van der Waals surface area contributed by atoms with E-state index in [9.17, 15) is 0 Å². The van der Waals surface area contributed by atoms with Crippen LogP contribution in [-0.2, 0) is 5.41 Å². The molecule has 2 aromatic carbocycles. The Kier molecular flexibility index (Phi) is 5.42. The molecule has 0 aliphatic carbocycles. The van der Waals surface area contributed by atoms with Crippen molar-refractivity contribution in [3.63, 3.8) is 0 Å². The van der Waals surface area contributed by atoms with Crippen LogP contribution in [0, 0.1) is 0 Å². The van der Waals surface area contributed by atoms with Gasteiger partial charge in [0.15, 0.2) is 0 Å². The summed E-state index contributed by atoms with van der Waals surface area (Å²) < 4.78 is 0. The Bertz CT molecular complexity index is 561. The summed E-state index contributed by atoms with van der Waals surface area (Å²) in [6, 6.07) is 20.1. The highest BCUT2D eigenvalue weighted by atomic mass is 15.0. The average molecular weight is 295 g/mol. The summed E-state index contributed by atoms with van der Waals surface area (Å²) in [5.41, 5.74) is 4.44. The molecule has 0 fully saturated rings. The van der Waals surface area contributed by atoms with Crippen molar-refractivity contribution in [2.45, 2.75) is 38.5 Å². The molecule has 0 bridgehead atoms. The third-order valence-corrected chi connectivity index (χ3v) is 4.25. The lowest BCUT2D eigenvalue weighted by Gasteiger charge is -2.23. The van der Waals surface area contributed by atoms with E-state index in [1.165, 1.54) is 16.7 Å². The summed E-state index contributed by atoms with van der Waals surface area (Å²) in [6.07, 6.45) is 1.14. The molecule has 118 valence electrons. The Morgan fingerprint density at radius 2 is 1.36 bits per heavy atom. The van der Waals surface area contributed by atoms with Gasteiger partial charge in [-0.25, -0.2) is 0 Å². The molecule has 1 unspecified atom stereocenters. The highest BCUT2D eigenvalue weighted by Gasteiger charge is 2.17. The van der Waals surface area contributed by atoms with E-state index in [0.29, 0.717) is 5.92 Å². The van der Waals surface area contributed by atoms with Crippen molar-refractivity contribution in [3.8, 4) is 0 Å². The van der Waals surface area contributed by atoms with Crippen molar-refractivity contribution in [2.24, 2.45) is 0 Å². The molecule has 0 radical (unpaired) electrons. The maximum Gasteiger partial charge on any atom is 0.0101 e. The van der Waals surface area contributed by atoms with Gasteiger partial charge in [-0.3, -0.25) is 0 Å². The van der Waals surface area contributed by atoms with Crippen LogP contribution in [0.3, 0.4) is 0 Å². The van der Waals surface area contributed by atoms with Crippen LogP contribution in [0.1, 0.15) is 49.8 Å². The van der Waals surface area contributed by atoms with Gasteiger partial charge in [0.1, 0.15) is 0 Å². The summed E-state index contributed by atoms with van der Waals surface area (Å²) in [6.45, 7) is 7.90. The van der Waals surface area contributed by atoms with Crippen molar-refractivity contribution in [1.29, 1.82) is 0 Å². The molecule has 0 aliphatic rings. The van der Waals surface area contributed by atoms with E-state index < -0.39 is 0 Å². The van der Waals surface area contributed by atoms with Gasteiger partial charge in [-0.15, -0.1) is 0 Å². The molecule has 2 rings (SSSR count). The van der Waals surface area contributed by atoms with E-state index in [1.54, 1.807) is 0 Å². The smallest absolute Gasteiger partial charge is 0.0101 e. The number of rotatable bonds is 5. The van der Waals surface area contributed by atoms with Crippen LogP contribution in [0.4, 0.5) is 0 Å². The minimum Gasteiger partial charge on any atom is -0.309 e. The largest absolute Gasteiger partial charge is 0.309 e. The molecule has 1 heteroatoms. The Morgan fingerprint density at radius 3 is 1.86 bits per heavy atom. The first-order valence-corrected chi connectivity index (χ1v) is 8.18. The Balaban J connectivity index is 2.28. The number of hydrogen-bond acceptors (Lipinski definition) is 1. The van der Waals surface area contributed by atoms with Crippen molar-refractivity contribution in [3.05, 3.63) is 71.3 Å². The molecule has 2 aromatic rings. The molecule has 0 heterocycles. The van der Waals surface area contributed by atoms with Gasteiger partial charge in [-0.2, -0.15) is 0 Å². The molecular formula is C21H29N. The fourth-order valence-electron chi connectivity index (χ4n) is 2.81. The first-order chi connectivity index (χ1) is 10.4. The zero-order valence-corrected chi connectivity index (χ0v) is 14.6. The fourth-order valence-corrected chi connectivity index (χ4v) is 2.81. The van der Waals surface area contributed by atoms with Gasteiger partial charge in [0, 0.05) is 5.92 Å². The van der Waals surface area contributed by atoms with Crippen LogP contribution in [0.15, 0.2) is 54.6 Å². The predicted molar refractivity (Wildman–Crippen MR) is 96.6 cm³/mol. The maximum atomic E-state index is 2.31. The lowest BCUT2D eigenvalue weighted by Crippen LogP contribution is -2.17. The second-order valence-electron chi connectivity index (χ2n) is 7.43. The Hall–Kier alpha value is -1.60. The standard InChI is InChI=1S/C21H29N/c1-21(2,3)19-13-11-18(12-14-19)20(15-16-22(4)5)17-9-7-6-8-10-17/h6-14,20H,15-16H2,1-5H3. The molecular weight excluding hydrogens is 266 g/mol. The topological polar surface area (TPSA) is 3.24 Å². The summed E-state index contributed by atoms with van der Waals surface area (Å²) in [5, 5.41) is 0. The van der Waals surface area contributed by atoms with Gasteiger partial charge < -0.3 is 4.90 Å². The van der Waals surface area contributed by atoms with Crippen LogP contribution in [0.2, 0.25) is 0 Å². The number of benzene rings is 2. The molecule has 1 atom stereocenters. The molecule has 0 amide bonds. The lowest BCUT2D eigenvalue weighted by molar-refractivity contribution is 0.390. The van der Waals surface area contributed by atoms with Crippen molar-refractivity contribution in [2.75, 3.05) is 20.6 Å². The second kappa shape index (κ2) is 7.11. The number of nitrogens with zero attached hydrogens (tertiary/aromatic N) is 1. The van der Waals surface area contributed by atoms with E-state index in [0.717, 1.165) is 13.0 Å². The minimum atomic E-state index is 0.213. The monoisotopic (exact) mass is 295 g/mol.